The van der Waals surface area contributed by atoms with Gasteiger partial charge in [0.1, 0.15) is 16.8 Å². The van der Waals surface area contributed by atoms with Crippen LogP contribution in [-0.4, -0.2) is 56.3 Å². The van der Waals surface area contributed by atoms with E-state index in [0.717, 1.165) is 0 Å². The SMILES string of the molecule is O=C(O)C1=C(CCl)CS[C@H]2C(N=Cc3ccccc3O)C(=O)N12. The smallest absolute Gasteiger partial charge is 0.352 e. The predicted octanol–water partition coefficient (Wildman–Crippen LogP) is 1.67. The van der Waals surface area contributed by atoms with E-state index in [0.29, 0.717) is 16.9 Å². The maximum Gasteiger partial charge on any atom is 0.352 e. The van der Waals surface area contributed by atoms with E-state index in [1.807, 2.05) is 0 Å². The highest BCUT2D eigenvalue weighted by molar-refractivity contribution is 8.00. The number of hydrogen-bond donors (Lipinski definition) is 2. The normalized spacial score (nSPS) is 23.9. The van der Waals surface area contributed by atoms with Gasteiger partial charge in [-0.3, -0.25) is 14.7 Å². The number of carboxylic acids is 1. The number of aliphatic carboxylic acids is 1. The zero-order chi connectivity index (χ0) is 16.6. The molecule has 1 unspecified atom stereocenters. The van der Waals surface area contributed by atoms with E-state index in [9.17, 15) is 19.8 Å². The van der Waals surface area contributed by atoms with Crippen LogP contribution in [0.3, 0.4) is 0 Å². The number of phenolic OH excluding ortho intramolecular Hbond substituents is 1. The molecule has 0 saturated carbocycles. The summed E-state index contributed by atoms with van der Waals surface area (Å²) in [7, 11) is 0. The number of aliphatic imine (C=N–C) groups is 1. The van der Waals surface area contributed by atoms with Gasteiger partial charge in [-0.1, -0.05) is 12.1 Å². The molecule has 2 aliphatic heterocycles. The second-order valence-corrected chi connectivity index (χ2v) is 6.45. The third-order valence-electron chi connectivity index (χ3n) is 3.69. The lowest BCUT2D eigenvalue weighted by Crippen LogP contribution is -2.64. The number of aromatic hydroxyl groups is 1. The first-order chi connectivity index (χ1) is 11.0. The third-order valence-corrected chi connectivity index (χ3v) is 5.34. The molecular weight excluding hydrogens is 340 g/mol. The summed E-state index contributed by atoms with van der Waals surface area (Å²) < 4.78 is 0. The first-order valence-corrected chi connectivity index (χ1v) is 8.40. The number of nitrogens with zero attached hydrogens (tertiary/aromatic N) is 2. The van der Waals surface area contributed by atoms with E-state index in [-0.39, 0.29) is 28.6 Å². The molecule has 0 aromatic heterocycles. The first kappa shape index (κ1) is 15.9. The van der Waals surface area contributed by atoms with Crippen LogP contribution in [0.1, 0.15) is 5.56 Å². The molecule has 0 radical (unpaired) electrons. The Labute approximate surface area is 141 Å². The monoisotopic (exact) mass is 352 g/mol. The molecule has 1 fully saturated rings. The fraction of sp³-hybridized carbons (Fsp3) is 0.267. The molecule has 8 heteroatoms. The molecule has 1 aromatic rings. The number of phenols is 1. The number of para-hydroxylation sites is 1. The van der Waals surface area contributed by atoms with Gasteiger partial charge >= 0.3 is 5.97 Å². The van der Waals surface area contributed by atoms with Gasteiger partial charge in [0, 0.05) is 23.4 Å². The van der Waals surface area contributed by atoms with Gasteiger partial charge in [0.2, 0.25) is 0 Å². The van der Waals surface area contributed by atoms with Crippen molar-refractivity contribution in [1.29, 1.82) is 0 Å². The molecule has 120 valence electrons. The van der Waals surface area contributed by atoms with E-state index in [1.54, 1.807) is 18.2 Å². The van der Waals surface area contributed by atoms with Crippen LogP contribution in [0.5, 0.6) is 5.75 Å². The van der Waals surface area contributed by atoms with Crippen molar-refractivity contribution >= 4 is 41.5 Å². The Balaban J connectivity index is 1.83. The quantitative estimate of drug-likeness (QED) is 0.489. The van der Waals surface area contributed by atoms with Gasteiger partial charge in [-0.15, -0.1) is 23.4 Å². The number of hydrogen-bond acceptors (Lipinski definition) is 5. The highest BCUT2D eigenvalue weighted by Gasteiger charge is 2.53. The minimum absolute atomic E-state index is 0.0252. The number of carboxylic acid groups (broad SMARTS) is 1. The van der Waals surface area contributed by atoms with E-state index < -0.39 is 12.0 Å². The standard InChI is InChI=1S/C15H13ClN2O4S/c16-5-9-7-23-14-11(13(20)18(14)12(9)15(21)22)17-6-8-3-1-2-4-10(8)19/h1-4,6,11,14,19H,5,7H2,(H,21,22)/t11?,14-/m0/s1. The number of carbonyl (C=O) groups excluding carboxylic acids is 1. The van der Waals surface area contributed by atoms with Gasteiger partial charge in [-0.05, 0) is 17.7 Å². The van der Waals surface area contributed by atoms with Crippen molar-refractivity contribution in [2.45, 2.75) is 11.4 Å². The lowest BCUT2D eigenvalue weighted by Gasteiger charge is -2.47. The largest absolute Gasteiger partial charge is 0.507 e. The summed E-state index contributed by atoms with van der Waals surface area (Å²) in [6, 6.07) is 6.01. The predicted molar refractivity (Wildman–Crippen MR) is 88.0 cm³/mol. The number of alkyl halides is 1. The van der Waals surface area contributed by atoms with E-state index in [1.165, 1.54) is 28.9 Å². The van der Waals surface area contributed by atoms with Gasteiger partial charge in [-0.2, -0.15) is 0 Å². The van der Waals surface area contributed by atoms with Crippen LogP contribution < -0.4 is 0 Å². The number of halogens is 1. The molecule has 2 atom stereocenters. The average molecular weight is 353 g/mol. The van der Waals surface area contributed by atoms with Crippen LogP contribution >= 0.6 is 23.4 Å². The van der Waals surface area contributed by atoms with E-state index in [4.69, 9.17) is 11.6 Å². The summed E-state index contributed by atoms with van der Waals surface area (Å²) in [5, 5.41) is 18.7. The molecule has 0 bridgehead atoms. The highest BCUT2D eigenvalue weighted by Crippen LogP contribution is 2.41. The van der Waals surface area contributed by atoms with Crippen molar-refractivity contribution in [3.63, 3.8) is 0 Å². The molecule has 2 aliphatic rings. The van der Waals surface area contributed by atoms with Crippen molar-refractivity contribution in [2.75, 3.05) is 11.6 Å². The van der Waals surface area contributed by atoms with Crippen LogP contribution in [0.2, 0.25) is 0 Å². The molecule has 0 spiro atoms. The van der Waals surface area contributed by atoms with Crippen LogP contribution in [0.25, 0.3) is 0 Å². The molecule has 0 aliphatic carbocycles. The highest BCUT2D eigenvalue weighted by atomic mass is 35.5. The zero-order valence-electron chi connectivity index (χ0n) is 11.8. The molecule has 3 rings (SSSR count). The van der Waals surface area contributed by atoms with Gasteiger partial charge in [0.25, 0.3) is 5.91 Å². The van der Waals surface area contributed by atoms with Crippen molar-refractivity contribution in [1.82, 2.24) is 4.90 Å². The Bertz CT molecular complexity index is 734. The minimum Gasteiger partial charge on any atom is -0.507 e. The average Bonchev–Trinajstić information content (AvgIpc) is 2.55. The Morgan fingerprint density at radius 2 is 2.22 bits per heavy atom. The zero-order valence-corrected chi connectivity index (χ0v) is 13.4. The molecule has 1 aromatic carbocycles. The number of thioether (sulfide) groups is 1. The van der Waals surface area contributed by atoms with Crippen LogP contribution in [0.15, 0.2) is 40.5 Å². The number of amides is 1. The summed E-state index contributed by atoms with van der Waals surface area (Å²) >= 11 is 7.21. The lowest BCUT2D eigenvalue weighted by molar-refractivity contribution is -0.147. The van der Waals surface area contributed by atoms with Crippen LogP contribution in [0.4, 0.5) is 0 Å². The number of β-lactam (4-membered cyclic amide) rings is 1. The molecule has 6 nitrogen and oxygen atoms in total. The molecule has 2 N–H and O–H groups in total. The van der Waals surface area contributed by atoms with Gasteiger partial charge in [0.15, 0.2) is 6.04 Å². The Morgan fingerprint density at radius 1 is 1.48 bits per heavy atom. The summed E-state index contributed by atoms with van der Waals surface area (Å²) in [4.78, 5) is 29.1. The fourth-order valence-electron chi connectivity index (χ4n) is 2.53. The summed E-state index contributed by atoms with van der Waals surface area (Å²) in [6.07, 6.45) is 1.44. The number of rotatable bonds is 4. The maximum absolute atomic E-state index is 12.3. The second-order valence-electron chi connectivity index (χ2n) is 5.08. The van der Waals surface area contributed by atoms with Gasteiger partial charge < -0.3 is 10.2 Å². The van der Waals surface area contributed by atoms with Crippen LogP contribution in [0, 0.1) is 0 Å². The molecular formula is C15H13ClN2O4S. The molecule has 23 heavy (non-hydrogen) atoms. The third kappa shape index (κ3) is 2.70. The lowest BCUT2D eigenvalue weighted by atomic mass is 10.0. The second kappa shape index (κ2) is 6.25. The first-order valence-electron chi connectivity index (χ1n) is 6.81. The number of benzene rings is 1. The Kier molecular flexibility index (Phi) is 4.32. The minimum atomic E-state index is -1.15. The van der Waals surface area contributed by atoms with Crippen molar-refractivity contribution in [2.24, 2.45) is 4.99 Å². The molecule has 2 heterocycles. The fourth-order valence-corrected chi connectivity index (χ4v) is 4.20. The Hall–Kier alpha value is -1.99. The van der Waals surface area contributed by atoms with Crippen molar-refractivity contribution in [3.8, 4) is 5.75 Å². The number of carbonyl (C=O) groups is 2. The molecule has 1 saturated heterocycles. The van der Waals surface area contributed by atoms with E-state index >= 15 is 0 Å². The molecule has 1 amide bonds. The summed E-state index contributed by atoms with van der Waals surface area (Å²) in [5.41, 5.74) is 1.02. The van der Waals surface area contributed by atoms with Gasteiger partial charge in [0.05, 0.1) is 0 Å². The van der Waals surface area contributed by atoms with Gasteiger partial charge in [-0.25, -0.2) is 4.79 Å². The van der Waals surface area contributed by atoms with Crippen molar-refractivity contribution < 1.29 is 19.8 Å². The van der Waals surface area contributed by atoms with Crippen molar-refractivity contribution in [3.05, 3.63) is 41.1 Å². The van der Waals surface area contributed by atoms with Crippen LogP contribution in [-0.2, 0) is 9.59 Å². The topological polar surface area (TPSA) is 90.2 Å². The number of fused-ring (bicyclic) bond motifs is 1. The summed E-state index contributed by atoms with van der Waals surface area (Å²) in [5.74, 6) is -0.901. The maximum atomic E-state index is 12.3. The summed E-state index contributed by atoms with van der Waals surface area (Å²) in [6.45, 7) is 0. The van der Waals surface area contributed by atoms with E-state index in [2.05, 4.69) is 4.99 Å². The Morgan fingerprint density at radius 3 is 2.87 bits per heavy atom.